The molecule has 0 saturated heterocycles. The maximum Gasteiger partial charge on any atom is 0.124 e. The van der Waals surface area contributed by atoms with Gasteiger partial charge in [-0.2, -0.15) is 0 Å². The third-order valence-electron chi connectivity index (χ3n) is 3.35. The highest BCUT2D eigenvalue weighted by Crippen LogP contribution is 2.35. The van der Waals surface area contributed by atoms with E-state index in [1.807, 2.05) is 0 Å². The van der Waals surface area contributed by atoms with E-state index >= 15 is 0 Å². The largest absolute Gasteiger partial charge is 0.496 e. The van der Waals surface area contributed by atoms with Crippen molar-refractivity contribution in [1.82, 2.24) is 0 Å². The predicted octanol–water partition coefficient (Wildman–Crippen LogP) is 5.10. The van der Waals surface area contributed by atoms with Crippen molar-refractivity contribution in [1.29, 1.82) is 0 Å². The van der Waals surface area contributed by atoms with Crippen LogP contribution in [0.4, 0.5) is 0 Å². The SMILES string of the molecule is COc1c(C)cc(C(Br)c2ccc(C)cc2)cc1C. The van der Waals surface area contributed by atoms with Crippen LogP contribution in [0.25, 0.3) is 0 Å². The lowest BCUT2D eigenvalue weighted by molar-refractivity contribution is 0.408. The van der Waals surface area contributed by atoms with Crippen molar-refractivity contribution in [3.8, 4) is 5.75 Å². The predicted molar refractivity (Wildman–Crippen MR) is 84.4 cm³/mol. The lowest BCUT2D eigenvalue weighted by Gasteiger charge is -2.16. The molecule has 0 aliphatic carbocycles. The van der Waals surface area contributed by atoms with Gasteiger partial charge in [-0.1, -0.05) is 57.9 Å². The molecule has 2 heteroatoms. The number of aryl methyl sites for hydroxylation is 3. The summed E-state index contributed by atoms with van der Waals surface area (Å²) in [4.78, 5) is 0.219. The molecule has 0 bridgehead atoms. The van der Waals surface area contributed by atoms with E-state index in [4.69, 9.17) is 4.74 Å². The van der Waals surface area contributed by atoms with Crippen molar-refractivity contribution in [2.45, 2.75) is 25.6 Å². The molecule has 1 atom stereocenters. The standard InChI is InChI=1S/C17H19BrO/c1-11-5-7-14(8-6-11)16(18)15-9-12(2)17(19-4)13(3)10-15/h5-10,16H,1-4H3. The first-order valence-corrected chi connectivity index (χ1v) is 7.30. The minimum Gasteiger partial charge on any atom is -0.496 e. The quantitative estimate of drug-likeness (QED) is 0.715. The molecule has 0 aliphatic rings. The number of ether oxygens (including phenoxy) is 1. The Morgan fingerprint density at radius 1 is 0.895 bits per heavy atom. The molecule has 2 rings (SSSR count). The molecule has 0 heterocycles. The highest BCUT2D eigenvalue weighted by Gasteiger charge is 2.13. The van der Waals surface area contributed by atoms with Gasteiger partial charge in [-0.3, -0.25) is 0 Å². The van der Waals surface area contributed by atoms with E-state index in [0.29, 0.717) is 0 Å². The number of methoxy groups -OCH3 is 1. The Kier molecular flexibility index (Phi) is 4.31. The van der Waals surface area contributed by atoms with Crippen LogP contribution >= 0.6 is 15.9 Å². The normalized spacial score (nSPS) is 12.3. The number of hydrogen-bond acceptors (Lipinski definition) is 1. The van der Waals surface area contributed by atoms with E-state index in [0.717, 1.165) is 5.75 Å². The van der Waals surface area contributed by atoms with Crippen LogP contribution in [0, 0.1) is 20.8 Å². The smallest absolute Gasteiger partial charge is 0.124 e. The summed E-state index contributed by atoms with van der Waals surface area (Å²) in [6, 6.07) is 13.0. The molecule has 0 fully saturated rings. The number of rotatable bonds is 3. The second kappa shape index (κ2) is 5.79. The summed E-state index contributed by atoms with van der Waals surface area (Å²) in [5.41, 5.74) is 6.17. The van der Waals surface area contributed by atoms with Gasteiger partial charge in [0.05, 0.1) is 11.9 Å². The lowest BCUT2D eigenvalue weighted by atomic mass is 9.99. The zero-order chi connectivity index (χ0) is 14.0. The Morgan fingerprint density at radius 3 is 1.89 bits per heavy atom. The van der Waals surface area contributed by atoms with Crippen LogP contribution in [-0.2, 0) is 0 Å². The van der Waals surface area contributed by atoms with Gasteiger partial charge in [-0.25, -0.2) is 0 Å². The molecule has 0 N–H and O–H groups in total. The lowest BCUT2D eigenvalue weighted by Crippen LogP contribution is -1.97. The van der Waals surface area contributed by atoms with E-state index < -0.39 is 0 Å². The van der Waals surface area contributed by atoms with Gasteiger partial charge in [0.2, 0.25) is 0 Å². The van der Waals surface area contributed by atoms with Crippen LogP contribution in [0.2, 0.25) is 0 Å². The molecule has 1 nitrogen and oxygen atoms in total. The first-order chi connectivity index (χ1) is 9.02. The molecule has 0 spiro atoms. The maximum atomic E-state index is 5.42. The fourth-order valence-corrected chi connectivity index (χ4v) is 2.95. The van der Waals surface area contributed by atoms with Gasteiger partial charge >= 0.3 is 0 Å². The Morgan fingerprint density at radius 2 is 1.42 bits per heavy atom. The van der Waals surface area contributed by atoms with Crippen molar-refractivity contribution in [3.05, 3.63) is 64.2 Å². The van der Waals surface area contributed by atoms with Crippen LogP contribution in [0.1, 0.15) is 32.6 Å². The third-order valence-corrected chi connectivity index (χ3v) is 4.41. The van der Waals surface area contributed by atoms with E-state index in [1.54, 1.807) is 7.11 Å². The number of hydrogen-bond donors (Lipinski definition) is 0. The molecule has 2 aromatic carbocycles. The molecule has 19 heavy (non-hydrogen) atoms. The molecule has 100 valence electrons. The van der Waals surface area contributed by atoms with Crippen LogP contribution in [0.3, 0.4) is 0 Å². The second-order valence-electron chi connectivity index (χ2n) is 4.96. The number of benzene rings is 2. The fraction of sp³-hybridized carbons (Fsp3) is 0.294. The maximum absolute atomic E-state index is 5.42. The van der Waals surface area contributed by atoms with Gasteiger partial charge in [0.15, 0.2) is 0 Å². The third kappa shape index (κ3) is 3.01. The van der Waals surface area contributed by atoms with Gasteiger partial charge in [0, 0.05) is 0 Å². The average Bonchev–Trinajstić information content (AvgIpc) is 2.38. The average molecular weight is 319 g/mol. The monoisotopic (exact) mass is 318 g/mol. The molecule has 0 aliphatic heterocycles. The molecular weight excluding hydrogens is 300 g/mol. The first-order valence-electron chi connectivity index (χ1n) is 6.38. The minimum atomic E-state index is 0.219. The number of alkyl halides is 1. The van der Waals surface area contributed by atoms with Crippen LogP contribution in [-0.4, -0.2) is 7.11 Å². The minimum absolute atomic E-state index is 0.219. The Balaban J connectivity index is 2.39. The van der Waals surface area contributed by atoms with Gasteiger partial charge < -0.3 is 4.74 Å². The Bertz CT molecular complexity index is 549. The van der Waals surface area contributed by atoms with Crippen molar-refractivity contribution in [2.75, 3.05) is 7.11 Å². The van der Waals surface area contributed by atoms with Crippen LogP contribution in [0.5, 0.6) is 5.75 Å². The summed E-state index contributed by atoms with van der Waals surface area (Å²) in [5.74, 6) is 0.979. The van der Waals surface area contributed by atoms with E-state index in [2.05, 4.69) is 73.1 Å². The Hall–Kier alpha value is -1.28. The van der Waals surface area contributed by atoms with E-state index in [-0.39, 0.29) is 4.83 Å². The van der Waals surface area contributed by atoms with Crippen LogP contribution in [0.15, 0.2) is 36.4 Å². The van der Waals surface area contributed by atoms with Crippen molar-refractivity contribution >= 4 is 15.9 Å². The summed E-state index contributed by atoms with van der Waals surface area (Å²) in [6.07, 6.45) is 0. The van der Waals surface area contributed by atoms with Crippen LogP contribution < -0.4 is 4.74 Å². The molecule has 2 aromatic rings. The summed E-state index contributed by atoms with van der Waals surface area (Å²) < 4.78 is 5.42. The highest BCUT2D eigenvalue weighted by atomic mass is 79.9. The summed E-state index contributed by atoms with van der Waals surface area (Å²) >= 11 is 3.79. The fourth-order valence-electron chi connectivity index (χ4n) is 2.38. The Labute approximate surface area is 123 Å². The number of halogens is 1. The molecule has 1 unspecified atom stereocenters. The topological polar surface area (TPSA) is 9.23 Å². The van der Waals surface area contributed by atoms with Crippen molar-refractivity contribution in [2.24, 2.45) is 0 Å². The van der Waals surface area contributed by atoms with E-state index in [9.17, 15) is 0 Å². The van der Waals surface area contributed by atoms with E-state index in [1.165, 1.54) is 27.8 Å². The molecule has 0 saturated carbocycles. The van der Waals surface area contributed by atoms with Crippen molar-refractivity contribution < 1.29 is 4.74 Å². The summed E-state index contributed by atoms with van der Waals surface area (Å²) in [7, 11) is 1.72. The first kappa shape index (κ1) is 14.1. The van der Waals surface area contributed by atoms with Crippen molar-refractivity contribution in [3.63, 3.8) is 0 Å². The second-order valence-corrected chi connectivity index (χ2v) is 5.88. The molecular formula is C17H19BrO. The van der Waals surface area contributed by atoms with Gasteiger partial charge in [-0.15, -0.1) is 0 Å². The zero-order valence-electron chi connectivity index (χ0n) is 11.8. The summed E-state index contributed by atoms with van der Waals surface area (Å²) in [6.45, 7) is 6.28. The van der Waals surface area contributed by atoms with Gasteiger partial charge in [-0.05, 0) is 43.0 Å². The molecule has 0 aromatic heterocycles. The molecule has 0 radical (unpaired) electrons. The van der Waals surface area contributed by atoms with Gasteiger partial charge in [0.25, 0.3) is 0 Å². The van der Waals surface area contributed by atoms with Gasteiger partial charge in [0.1, 0.15) is 5.75 Å². The zero-order valence-corrected chi connectivity index (χ0v) is 13.4. The molecule has 0 amide bonds. The summed E-state index contributed by atoms with van der Waals surface area (Å²) in [5, 5.41) is 0. The highest BCUT2D eigenvalue weighted by molar-refractivity contribution is 9.09.